The monoisotopic (exact) mass is 294 g/mol. The van der Waals surface area contributed by atoms with Gasteiger partial charge in [-0.2, -0.15) is 0 Å². The van der Waals surface area contributed by atoms with Gasteiger partial charge >= 0.3 is 0 Å². The fraction of sp³-hybridized carbons (Fsp3) is 0.143. The maximum atomic E-state index is 6.31. The van der Waals surface area contributed by atoms with Crippen LogP contribution in [0.1, 0.15) is 24.0 Å². The molecule has 0 saturated heterocycles. The van der Waals surface area contributed by atoms with Crippen LogP contribution in [-0.2, 0) is 21.7 Å². The standard InChI is InChI=1S/C14H11ClS.Ti/c15-14-13(11-7-3-4-8-11)12(9-16-14)10-5-1-2-6-10;/h1-5,7,9H,6,8H2;. The molecule has 1 aromatic heterocycles. The van der Waals surface area contributed by atoms with Crippen LogP contribution in [0.2, 0.25) is 4.34 Å². The van der Waals surface area contributed by atoms with Gasteiger partial charge in [-0.1, -0.05) is 48.1 Å². The van der Waals surface area contributed by atoms with Crippen LogP contribution in [-0.4, -0.2) is 0 Å². The zero-order valence-corrected chi connectivity index (χ0v) is 12.4. The molecule has 0 fully saturated rings. The molecule has 3 rings (SSSR count). The van der Waals surface area contributed by atoms with E-state index in [0.29, 0.717) is 0 Å². The van der Waals surface area contributed by atoms with Crippen molar-refractivity contribution in [3.05, 3.63) is 57.3 Å². The number of hydrogen-bond donors (Lipinski definition) is 0. The van der Waals surface area contributed by atoms with E-state index >= 15 is 0 Å². The first-order valence-electron chi connectivity index (χ1n) is 5.35. The normalized spacial score (nSPS) is 17.0. The zero-order chi connectivity index (χ0) is 11.0. The molecule has 0 radical (unpaired) electrons. The Labute approximate surface area is 125 Å². The van der Waals surface area contributed by atoms with Gasteiger partial charge in [0, 0.05) is 32.7 Å². The van der Waals surface area contributed by atoms with Crippen molar-refractivity contribution in [2.45, 2.75) is 12.8 Å². The Morgan fingerprint density at radius 3 is 2.24 bits per heavy atom. The van der Waals surface area contributed by atoms with Crippen LogP contribution < -0.4 is 0 Å². The minimum Gasteiger partial charge on any atom is -0.131 e. The Morgan fingerprint density at radius 1 is 1.00 bits per heavy atom. The third-order valence-corrected chi connectivity index (χ3v) is 4.18. The van der Waals surface area contributed by atoms with Gasteiger partial charge in [0.15, 0.2) is 0 Å². The average Bonchev–Trinajstić information content (AvgIpc) is 2.96. The quantitative estimate of drug-likeness (QED) is 0.667. The molecule has 2 aliphatic rings. The summed E-state index contributed by atoms with van der Waals surface area (Å²) in [6.45, 7) is 0. The van der Waals surface area contributed by atoms with Crippen LogP contribution in [0.5, 0.6) is 0 Å². The topological polar surface area (TPSA) is 0 Å². The maximum Gasteiger partial charge on any atom is 0.101 e. The minimum atomic E-state index is 0. The van der Waals surface area contributed by atoms with E-state index in [1.165, 1.54) is 22.3 Å². The third-order valence-electron chi connectivity index (χ3n) is 2.96. The molecular weight excluding hydrogens is 284 g/mol. The van der Waals surface area contributed by atoms with E-state index in [0.717, 1.165) is 17.2 Å². The fourth-order valence-electron chi connectivity index (χ4n) is 2.15. The summed E-state index contributed by atoms with van der Waals surface area (Å²) < 4.78 is 0.915. The van der Waals surface area contributed by atoms with Gasteiger partial charge in [0.2, 0.25) is 0 Å². The Balaban J connectivity index is 0.00000108. The summed E-state index contributed by atoms with van der Waals surface area (Å²) in [4.78, 5) is 0. The predicted octanol–water partition coefficient (Wildman–Crippen LogP) is 5.09. The Kier molecular flexibility index (Phi) is 4.27. The van der Waals surface area contributed by atoms with E-state index in [1.807, 2.05) is 0 Å². The van der Waals surface area contributed by atoms with Gasteiger partial charge in [0.1, 0.15) is 4.34 Å². The summed E-state index contributed by atoms with van der Waals surface area (Å²) >= 11 is 7.94. The summed E-state index contributed by atoms with van der Waals surface area (Å²) in [7, 11) is 0. The Bertz CT molecular complexity index is 547. The molecule has 0 atom stereocenters. The van der Waals surface area contributed by atoms with Gasteiger partial charge < -0.3 is 0 Å². The molecular formula is C14H11ClSTi. The molecule has 84 valence electrons. The maximum absolute atomic E-state index is 6.31. The van der Waals surface area contributed by atoms with Crippen LogP contribution in [0.3, 0.4) is 0 Å². The second-order valence-corrected chi connectivity index (χ2v) is 5.43. The summed E-state index contributed by atoms with van der Waals surface area (Å²) in [6.07, 6.45) is 15.0. The first-order valence-corrected chi connectivity index (χ1v) is 6.61. The van der Waals surface area contributed by atoms with Gasteiger partial charge in [-0.3, -0.25) is 0 Å². The zero-order valence-electron chi connectivity index (χ0n) is 9.24. The van der Waals surface area contributed by atoms with Crippen molar-refractivity contribution in [1.82, 2.24) is 0 Å². The molecule has 17 heavy (non-hydrogen) atoms. The van der Waals surface area contributed by atoms with Gasteiger partial charge in [-0.15, -0.1) is 11.3 Å². The Hall–Kier alpha value is -0.336. The molecule has 0 aromatic carbocycles. The summed E-state index contributed by atoms with van der Waals surface area (Å²) in [5.41, 5.74) is 5.28. The number of hydrogen-bond acceptors (Lipinski definition) is 1. The van der Waals surface area contributed by atoms with Crippen LogP contribution in [0.25, 0.3) is 11.1 Å². The molecule has 3 heteroatoms. The smallest absolute Gasteiger partial charge is 0.101 e. The number of rotatable bonds is 2. The minimum absolute atomic E-state index is 0. The first kappa shape index (κ1) is 13.1. The van der Waals surface area contributed by atoms with Crippen LogP contribution in [0.4, 0.5) is 0 Å². The van der Waals surface area contributed by atoms with Crippen molar-refractivity contribution in [1.29, 1.82) is 0 Å². The van der Waals surface area contributed by atoms with E-state index < -0.39 is 0 Å². The molecule has 2 aliphatic carbocycles. The van der Waals surface area contributed by atoms with Crippen molar-refractivity contribution in [2.75, 3.05) is 0 Å². The van der Waals surface area contributed by atoms with Crippen LogP contribution >= 0.6 is 22.9 Å². The van der Waals surface area contributed by atoms with Crippen molar-refractivity contribution < 1.29 is 21.7 Å². The predicted molar refractivity (Wildman–Crippen MR) is 72.8 cm³/mol. The van der Waals surface area contributed by atoms with Crippen molar-refractivity contribution >= 4 is 34.1 Å². The van der Waals surface area contributed by atoms with Gasteiger partial charge in [-0.25, -0.2) is 0 Å². The van der Waals surface area contributed by atoms with Crippen molar-refractivity contribution in [3.63, 3.8) is 0 Å². The van der Waals surface area contributed by atoms with E-state index in [-0.39, 0.29) is 21.7 Å². The molecule has 1 aromatic rings. The van der Waals surface area contributed by atoms with E-state index in [2.05, 4.69) is 41.8 Å². The van der Waals surface area contributed by atoms with E-state index in [1.54, 1.807) is 11.3 Å². The second kappa shape index (κ2) is 5.54. The Morgan fingerprint density at radius 2 is 1.65 bits per heavy atom. The number of thiophene rings is 1. The van der Waals surface area contributed by atoms with Gasteiger partial charge in [0.05, 0.1) is 0 Å². The summed E-state index contributed by atoms with van der Waals surface area (Å²) in [5.74, 6) is 0. The molecule has 0 nitrogen and oxygen atoms in total. The molecule has 0 spiro atoms. The second-order valence-electron chi connectivity index (χ2n) is 3.95. The molecule has 1 heterocycles. The summed E-state index contributed by atoms with van der Waals surface area (Å²) in [5, 5.41) is 2.18. The molecule has 0 saturated carbocycles. The molecule has 0 aliphatic heterocycles. The summed E-state index contributed by atoms with van der Waals surface area (Å²) in [6, 6.07) is 0. The van der Waals surface area contributed by atoms with Gasteiger partial charge in [-0.05, 0) is 29.6 Å². The largest absolute Gasteiger partial charge is 0.131 e. The van der Waals surface area contributed by atoms with Gasteiger partial charge in [0.25, 0.3) is 0 Å². The van der Waals surface area contributed by atoms with Crippen LogP contribution in [0, 0.1) is 0 Å². The third kappa shape index (κ3) is 2.43. The number of allylic oxidation sites excluding steroid dienone is 8. The molecule has 0 N–H and O–H groups in total. The SMILES string of the molecule is Clc1scc(C2=CC=CC2)c1C1=CC=CC1.[Ti]. The number of halogens is 1. The van der Waals surface area contributed by atoms with Crippen molar-refractivity contribution in [3.8, 4) is 0 Å². The van der Waals surface area contributed by atoms with Crippen molar-refractivity contribution in [2.24, 2.45) is 0 Å². The van der Waals surface area contributed by atoms with E-state index in [9.17, 15) is 0 Å². The van der Waals surface area contributed by atoms with Crippen LogP contribution in [0.15, 0.2) is 41.8 Å². The first-order chi connectivity index (χ1) is 7.86. The molecule has 0 unspecified atom stereocenters. The molecule has 0 bridgehead atoms. The fourth-order valence-corrected chi connectivity index (χ4v) is 3.36. The van der Waals surface area contributed by atoms with E-state index in [4.69, 9.17) is 11.6 Å². The molecule has 0 amide bonds. The average molecular weight is 295 g/mol.